The molecule has 2 N–H and O–H groups in total. The molecular formula is C11H13NO2S. The molecule has 0 aliphatic rings. The number of primary amides is 1. The Morgan fingerprint density at radius 3 is 2.20 bits per heavy atom. The highest BCUT2D eigenvalue weighted by Crippen LogP contribution is 2.23. The van der Waals surface area contributed by atoms with Crippen LogP contribution in [0.4, 0.5) is 0 Å². The van der Waals surface area contributed by atoms with Gasteiger partial charge in [0.05, 0.1) is 5.25 Å². The molecule has 0 aliphatic carbocycles. The van der Waals surface area contributed by atoms with Crippen molar-refractivity contribution in [1.29, 1.82) is 0 Å². The second kappa shape index (κ2) is 4.98. The van der Waals surface area contributed by atoms with E-state index < -0.39 is 0 Å². The molecule has 0 aromatic heterocycles. The van der Waals surface area contributed by atoms with E-state index in [0.29, 0.717) is 5.56 Å². The van der Waals surface area contributed by atoms with Crippen LogP contribution in [0.1, 0.15) is 24.2 Å². The van der Waals surface area contributed by atoms with Gasteiger partial charge in [0.1, 0.15) is 0 Å². The monoisotopic (exact) mass is 223 g/mol. The predicted molar refractivity (Wildman–Crippen MR) is 61.0 cm³/mol. The first kappa shape index (κ1) is 11.8. The van der Waals surface area contributed by atoms with Crippen molar-refractivity contribution in [3.05, 3.63) is 29.8 Å². The van der Waals surface area contributed by atoms with Crippen LogP contribution >= 0.6 is 11.8 Å². The van der Waals surface area contributed by atoms with Gasteiger partial charge in [0.15, 0.2) is 5.78 Å². The summed E-state index contributed by atoms with van der Waals surface area (Å²) in [5.41, 5.74) is 5.82. The molecule has 1 atom stereocenters. The number of nitrogens with two attached hydrogens (primary N) is 1. The molecule has 0 heterocycles. The summed E-state index contributed by atoms with van der Waals surface area (Å²) in [5.74, 6) is -0.301. The van der Waals surface area contributed by atoms with Gasteiger partial charge in [0.2, 0.25) is 5.91 Å². The molecule has 15 heavy (non-hydrogen) atoms. The maximum atomic E-state index is 11.0. The zero-order chi connectivity index (χ0) is 11.4. The van der Waals surface area contributed by atoms with Crippen molar-refractivity contribution in [2.75, 3.05) is 0 Å². The first-order valence-electron chi connectivity index (χ1n) is 4.57. The van der Waals surface area contributed by atoms with Gasteiger partial charge in [-0.15, -0.1) is 11.8 Å². The number of thioether (sulfide) groups is 1. The summed E-state index contributed by atoms with van der Waals surface area (Å²) in [4.78, 5) is 22.8. The van der Waals surface area contributed by atoms with Gasteiger partial charge < -0.3 is 5.73 Å². The Labute approximate surface area is 93.0 Å². The molecule has 1 rings (SSSR count). The van der Waals surface area contributed by atoms with Gasteiger partial charge in [-0.25, -0.2) is 0 Å². The molecule has 1 aromatic carbocycles. The van der Waals surface area contributed by atoms with Gasteiger partial charge in [0.25, 0.3) is 0 Å². The van der Waals surface area contributed by atoms with Gasteiger partial charge in [-0.05, 0) is 26.0 Å². The maximum absolute atomic E-state index is 11.0. The van der Waals surface area contributed by atoms with Crippen LogP contribution < -0.4 is 5.73 Å². The van der Waals surface area contributed by atoms with E-state index in [1.54, 1.807) is 19.1 Å². The van der Waals surface area contributed by atoms with Crippen molar-refractivity contribution >= 4 is 23.5 Å². The molecule has 0 spiro atoms. The average molecular weight is 223 g/mol. The lowest BCUT2D eigenvalue weighted by molar-refractivity contribution is -0.117. The van der Waals surface area contributed by atoms with E-state index >= 15 is 0 Å². The number of ketones is 1. The van der Waals surface area contributed by atoms with Crippen molar-refractivity contribution in [2.45, 2.75) is 24.0 Å². The van der Waals surface area contributed by atoms with Crippen LogP contribution in [0.15, 0.2) is 29.2 Å². The minimum atomic E-state index is -0.337. The Morgan fingerprint density at radius 1 is 1.27 bits per heavy atom. The summed E-state index contributed by atoms with van der Waals surface area (Å²) in [7, 11) is 0. The van der Waals surface area contributed by atoms with E-state index in [9.17, 15) is 9.59 Å². The molecule has 1 aromatic rings. The van der Waals surface area contributed by atoms with E-state index in [1.807, 2.05) is 12.1 Å². The van der Waals surface area contributed by atoms with E-state index in [-0.39, 0.29) is 16.9 Å². The summed E-state index contributed by atoms with van der Waals surface area (Å²) in [6.07, 6.45) is 0. The normalized spacial score (nSPS) is 12.1. The quantitative estimate of drug-likeness (QED) is 0.626. The lowest BCUT2D eigenvalue weighted by Gasteiger charge is -2.06. The van der Waals surface area contributed by atoms with Gasteiger partial charge >= 0.3 is 0 Å². The second-order valence-corrected chi connectivity index (χ2v) is 4.66. The highest BCUT2D eigenvalue weighted by molar-refractivity contribution is 8.00. The predicted octanol–water partition coefficient (Wildman–Crippen LogP) is 1.86. The number of hydrogen-bond acceptors (Lipinski definition) is 3. The van der Waals surface area contributed by atoms with Crippen LogP contribution in [-0.4, -0.2) is 16.9 Å². The fraction of sp³-hybridized carbons (Fsp3) is 0.273. The van der Waals surface area contributed by atoms with Crippen molar-refractivity contribution in [1.82, 2.24) is 0 Å². The molecule has 0 saturated heterocycles. The summed E-state index contributed by atoms with van der Waals surface area (Å²) in [6, 6.07) is 7.14. The van der Waals surface area contributed by atoms with E-state index in [4.69, 9.17) is 5.73 Å². The molecule has 1 unspecified atom stereocenters. The Morgan fingerprint density at radius 2 is 1.80 bits per heavy atom. The minimum absolute atomic E-state index is 0.0366. The zero-order valence-corrected chi connectivity index (χ0v) is 9.51. The Hall–Kier alpha value is -1.29. The molecule has 3 nitrogen and oxygen atoms in total. The third-order valence-electron chi connectivity index (χ3n) is 1.97. The summed E-state index contributed by atoms with van der Waals surface area (Å²) in [6.45, 7) is 3.28. The molecule has 4 heteroatoms. The number of benzene rings is 1. The van der Waals surface area contributed by atoms with Crippen molar-refractivity contribution in [3.63, 3.8) is 0 Å². The first-order valence-corrected chi connectivity index (χ1v) is 5.45. The van der Waals surface area contributed by atoms with E-state index in [1.165, 1.54) is 18.7 Å². The highest BCUT2D eigenvalue weighted by atomic mass is 32.2. The average Bonchev–Trinajstić information content (AvgIpc) is 2.18. The first-order chi connectivity index (χ1) is 7.00. The van der Waals surface area contributed by atoms with Crippen LogP contribution in [0.3, 0.4) is 0 Å². The van der Waals surface area contributed by atoms with Gasteiger partial charge in [0, 0.05) is 10.5 Å². The molecule has 80 valence electrons. The molecule has 0 saturated carbocycles. The number of Topliss-reactive ketones (excluding diaryl/α,β-unsaturated/α-hetero) is 1. The smallest absolute Gasteiger partial charge is 0.230 e. The second-order valence-electron chi connectivity index (χ2n) is 3.24. The van der Waals surface area contributed by atoms with Crippen LogP contribution in [0.2, 0.25) is 0 Å². The number of amides is 1. The molecule has 1 amide bonds. The maximum Gasteiger partial charge on any atom is 0.230 e. The number of carbonyl (C=O) groups is 2. The number of carbonyl (C=O) groups excluding carboxylic acids is 2. The lowest BCUT2D eigenvalue weighted by atomic mass is 10.2. The highest BCUT2D eigenvalue weighted by Gasteiger charge is 2.10. The fourth-order valence-corrected chi connectivity index (χ4v) is 1.85. The molecule has 0 aliphatic heterocycles. The van der Waals surface area contributed by atoms with Gasteiger partial charge in [-0.2, -0.15) is 0 Å². The Bertz CT molecular complexity index is 373. The third-order valence-corrected chi connectivity index (χ3v) is 3.10. The largest absolute Gasteiger partial charge is 0.369 e. The van der Waals surface area contributed by atoms with Crippen LogP contribution in [0, 0.1) is 0 Å². The molecular weight excluding hydrogens is 210 g/mol. The van der Waals surface area contributed by atoms with Crippen LogP contribution in [-0.2, 0) is 4.79 Å². The summed E-state index contributed by atoms with van der Waals surface area (Å²) >= 11 is 1.39. The van der Waals surface area contributed by atoms with Crippen molar-refractivity contribution < 1.29 is 9.59 Å². The van der Waals surface area contributed by atoms with Gasteiger partial charge in [-0.1, -0.05) is 12.1 Å². The molecule has 0 radical (unpaired) electrons. The number of rotatable bonds is 4. The molecule has 0 fully saturated rings. The standard InChI is InChI=1S/C11H13NO2S/c1-7(13)9-3-5-10(6-4-9)15-8(2)11(12)14/h3-6,8H,1-2H3,(H2,12,14). The van der Waals surface area contributed by atoms with Crippen molar-refractivity contribution in [3.8, 4) is 0 Å². The lowest BCUT2D eigenvalue weighted by Crippen LogP contribution is -2.22. The van der Waals surface area contributed by atoms with Crippen LogP contribution in [0.25, 0.3) is 0 Å². The van der Waals surface area contributed by atoms with E-state index in [0.717, 1.165) is 4.90 Å². The molecule has 0 bridgehead atoms. The topological polar surface area (TPSA) is 60.2 Å². The third kappa shape index (κ3) is 3.40. The van der Waals surface area contributed by atoms with Crippen LogP contribution in [0.5, 0.6) is 0 Å². The van der Waals surface area contributed by atoms with Crippen molar-refractivity contribution in [2.24, 2.45) is 5.73 Å². The Balaban J connectivity index is 2.72. The summed E-state index contributed by atoms with van der Waals surface area (Å²) in [5, 5.41) is -0.256. The minimum Gasteiger partial charge on any atom is -0.369 e. The van der Waals surface area contributed by atoms with Gasteiger partial charge in [-0.3, -0.25) is 9.59 Å². The fourth-order valence-electron chi connectivity index (χ4n) is 1.03. The SMILES string of the molecule is CC(=O)c1ccc(SC(C)C(N)=O)cc1. The summed E-state index contributed by atoms with van der Waals surface area (Å²) < 4.78 is 0. The zero-order valence-electron chi connectivity index (χ0n) is 8.69. The Kier molecular flexibility index (Phi) is 3.91. The van der Waals surface area contributed by atoms with E-state index in [2.05, 4.69) is 0 Å². The number of hydrogen-bond donors (Lipinski definition) is 1.